The van der Waals surface area contributed by atoms with Gasteiger partial charge in [-0.15, -0.1) is 0 Å². The summed E-state index contributed by atoms with van der Waals surface area (Å²) in [5.74, 6) is -0.511. The number of hydrogen-bond donors (Lipinski definition) is 2. The summed E-state index contributed by atoms with van der Waals surface area (Å²) >= 11 is 3.52. The van der Waals surface area contributed by atoms with Crippen LogP contribution in [0.5, 0.6) is 11.5 Å². The molecule has 7 rings (SSSR count). The van der Waals surface area contributed by atoms with Crippen molar-refractivity contribution in [2.45, 2.75) is 76.9 Å². The lowest BCUT2D eigenvalue weighted by atomic mass is 9.58. The molecule has 2 amide bonds. The molecule has 10 heteroatoms. The molecule has 2 N–H and O–H groups in total. The molecule has 3 aromatic carbocycles. The quantitative estimate of drug-likeness (QED) is 0.111. The third-order valence-electron chi connectivity index (χ3n) is 11.3. The molecular weight excluding hydrogens is 719 g/mol. The number of halogens is 1. The summed E-state index contributed by atoms with van der Waals surface area (Å²) < 4.78 is 13.5. The third-order valence-corrected chi connectivity index (χ3v) is 11.8. The van der Waals surface area contributed by atoms with Gasteiger partial charge in [-0.2, -0.15) is 0 Å². The highest BCUT2D eigenvalue weighted by molar-refractivity contribution is 9.10. The molecule has 0 saturated carbocycles. The Bertz CT molecular complexity index is 1790. The third kappa shape index (κ3) is 8.10. The van der Waals surface area contributed by atoms with Crippen molar-refractivity contribution in [1.29, 1.82) is 0 Å². The lowest BCUT2D eigenvalue weighted by Crippen LogP contribution is -2.48. The Morgan fingerprint density at radius 2 is 1.71 bits per heavy atom. The van der Waals surface area contributed by atoms with E-state index in [1.165, 1.54) is 11.1 Å². The number of carbonyl (C=O) groups is 2. The summed E-state index contributed by atoms with van der Waals surface area (Å²) in [5.41, 5.74) is 5.20. The summed E-state index contributed by atoms with van der Waals surface area (Å²) in [6, 6.07) is 25.3. The van der Waals surface area contributed by atoms with Crippen LogP contribution in [0, 0.1) is 17.8 Å². The van der Waals surface area contributed by atoms with E-state index >= 15 is 0 Å². The normalized spacial score (nSPS) is 24.3. The second-order valence-corrected chi connectivity index (χ2v) is 15.7. The molecule has 272 valence electrons. The number of carbonyl (C=O) groups excluding carboxylic acids is 2. The monoisotopic (exact) mass is 766 g/mol. The number of phenols is 1. The SMILES string of the molecule is CCC/C(=C\c1cc(Br)ccc1O)CC[C@H]1OB(O)C[C@H]2C1=C(COc1ccccc1)C[C@H]1C(=O)N(C3CCN(Cc4ccccc4)CC3)C(=O)[C@H]12. The molecule has 3 saturated heterocycles. The number of allylic oxidation sites excluding steroid dienone is 1. The largest absolute Gasteiger partial charge is 0.507 e. The molecule has 4 aliphatic rings. The molecule has 8 nitrogen and oxygen atoms in total. The van der Waals surface area contributed by atoms with Gasteiger partial charge < -0.3 is 19.5 Å². The Labute approximate surface area is 315 Å². The van der Waals surface area contributed by atoms with Crippen LogP contribution >= 0.6 is 15.9 Å². The zero-order valence-electron chi connectivity index (χ0n) is 29.8. The van der Waals surface area contributed by atoms with E-state index in [-0.39, 0.29) is 42.5 Å². The maximum Gasteiger partial charge on any atom is 0.455 e. The molecule has 3 fully saturated rings. The van der Waals surface area contributed by atoms with E-state index in [0.29, 0.717) is 19.3 Å². The Hall–Kier alpha value is -3.70. The molecule has 0 radical (unpaired) electrons. The molecule has 0 spiro atoms. The molecule has 3 heterocycles. The van der Waals surface area contributed by atoms with Crippen LogP contribution in [-0.4, -0.2) is 70.7 Å². The lowest BCUT2D eigenvalue weighted by molar-refractivity contribution is -0.144. The van der Waals surface area contributed by atoms with Crippen LogP contribution in [0.2, 0.25) is 6.32 Å². The van der Waals surface area contributed by atoms with Crippen molar-refractivity contribution < 1.29 is 29.1 Å². The number of likely N-dealkylation sites (tertiary alicyclic amines) is 2. The number of hydrogen-bond acceptors (Lipinski definition) is 7. The van der Waals surface area contributed by atoms with E-state index in [2.05, 4.69) is 52.0 Å². The first-order valence-electron chi connectivity index (χ1n) is 18.8. The number of amides is 2. The van der Waals surface area contributed by atoms with Crippen molar-refractivity contribution in [3.8, 4) is 11.5 Å². The van der Waals surface area contributed by atoms with Crippen molar-refractivity contribution >= 4 is 40.9 Å². The Balaban J connectivity index is 1.13. The van der Waals surface area contributed by atoms with E-state index in [1.807, 2.05) is 54.6 Å². The van der Waals surface area contributed by atoms with Crippen molar-refractivity contribution in [1.82, 2.24) is 9.80 Å². The summed E-state index contributed by atoms with van der Waals surface area (Å²) in [7, 11) is -1.04. The fourth-order valence-electron chi connectivity index (χ4n) is 8.91. The fourth-order valence-corrected chi connectivity index (χ4v) is 9.29. The molecule has 3 aromatic rings. The topological polar surface area (TPSA) is 99.5 Å². The van der Waals surface area contributed by atoms with E-state index in [0.717, 1.165) is 72.2 Å². The van der Waals surface area contributed by atoms with Gasteiger partial charge >= 0.3 is 7.12 Å². The van der Waals surface area contributed by atoms with Crippen molar-refractivity contribution in [3.05, 3.63) is 111 Å². The van der Waals surface area contributed by atoms with Crippen LogP contribution in [0.3, 0.4) is 0 Å². The van der Waals surface area contributed by atoms with Crippen molar-refractivity contribution in [2.24, 2.45) is 17.8 Å². The second-order valence-electron chi connectivity index (χ2n) is 14.8. The van der Waals surface area contributed by atoms with Gasteiger partial charge in [0.1, 0.15) is 18.1 Å². The van der Waals surface area contributed by atoms with Crippen molar-refractivity contribution in [3.63, 3.8) is 0 Å². The predicted molar refractivity (Wildman–Crippen MR) is 206 cm³/mol. The summed E-state index contributed by atoms with van der Waals surface area (Å²) in [4.78, 5) is 32.8. The number of para-hydroxylation sites is 1. The van der Waals surface area contributed by atoms with Crippen LogP contribution in [0.25, 0.3) is 6.08 Å². The number of imide groups is 1. The van der Waals surface area contributed by atoms with E-state index in [1.54, 1.807) is 11.0 Å². The fraction of sp³-hybridized carbons (Fsp3) is 0.429. The maximum atomic E-state index is 14.5. The number of fused-ring (bicyclic) bond motifs is 3. The van der Waals surface area contributed by atoms with Gasteiger partial charge in [-0.25, -0.2) is 0 Å². The summed E-state index contributed by atoms with van der Waals surface area (Å²) in [5, 5.41) is 21.7. The number of nitrogens with zero attached hydrogens (tertiary/aromatic N) is 2. The molecule has 3 aliphatic heterocycles. The zero-order chi connectivity index (χ0) is 36.2. The lowest BCUT2D eigenvalue weighted by Gasteiger charge is -2.43. The van der Waals surface area contributed by atoms with Gasteiger partial charge in [0.05, 0.1) is 17.9 Å². The maximum absolute atomic E-state index is 14.5. The van der Waals surface area contributed by atoms with Crippen LogP contribution in [0.1, 0.15) is 63.0 Å². The molecular formula is C42H48BBrN2O6. The minimum atomic E-state index is -1.04. The smallest absolute Gasteiger partial charge is 0.455 e. The first kappa shape index (κ1) is 36.7. The first-order valence-corrected chi connectivity index (χ1v) is 19.6. The second kappa shape index (κ2) is 16.5. The number of ether oxygens (including phenoxy) is 1. The van der Waals surface area contributed by atoms with Crippen LogP contribution in [-0.2, 0) is 20.8 Å². The van der Waals surface area contributed by atoms with Gasteiger partial charge in [0.15, 0.2) is 0 Å². The Kier molecular flexibility index (Phi) is 11.7. The zero-order valence-corrected chi connectivity index (χ0v) is 31.4. The van der Waals surface area contributed by atoms with E-state index in [4.69, 9.17) is 9.39 Å². The average molecular weight is 768 g/mol. The van der Waals surface area contributed by atoms with Crippen LogP contribution < -0.4 is 4.74 Å². The van der Waals surface area contributed by atoms with Gasteiger partial charge in [-0.3, -0.25) is 19.4 Å². The van der Waals surface area contributed by atoms with Gasteiger partial charge in [-0.05, 0) is 97.8 Å². The van der Waals surface area contributed by atoms with Crippen LogP contribution in [0.4, 0.5) is 0 Å². The van der Waals surface area contributed by atoms with Crippen molar-refractivity contribution in [2.75, 3.05) is 19.7 Å². The van der Waals surface area contributed by atoms with Gasteiger partial charge in [0.25, 0.3) is 0 Å². The number of aromatic hydroxyl groups is 1. The number of phenolic OH excluding ortho intramolecular Hbond substituents is 1. The van der Waals surface area contributed by atoms with Gasteiger partial charge in [0, 0.05) is 35.7 Å². The highest BCUT2D eigenvalue weighted by Crippen LogP contribution is 2.51. The summed E-state index contributed by atoms with van der Waals surface area (Å²) in [6.45, 7) is 4.94. The minimum Gasteiger partial charge on any atom is -0.507 e. The first-order chi connectivity index (χ1) is 25.3. The summed E-state index contributed by atoms with van der Waals surface area (Å²) in [6.07, 6.45) is 6.93. The highest BCUT2D eigenvalue weighted by Gasteiger charge is 2.58. The van der Waals surface area contributed by atoms with Crippen LogP contribution in [0.15, 0.2) is 100 Å². The molecule has 0 aromatic heterocycles. The predicted octanol–water partition coefficient (Wildman–Crippen LogP) is 7.66. The molecule has 1 aliphatic carbocycles. The number of piperidine rings is 1. The Morgan fingerprint density at radius 3 is 2.44 bits per heavy atom. The molecule has 0 unspecified atom stereocenters. The average Bonchev–Trinajstić information content (AvgIpc) is 3.40. The number of rotatable bonds is 12. The highest BCUT2D eigenvalue weighted by atomic mass is 79.9. The molecule has 0 bridgehead atoms. The standard InChI is InChI=1S/C42H48BBrN2O6/c1-2-9-28(22-30-23-32(44)15-16-37(30)47)14-17-38-39-31(27-51-34-12-7-4-8-13-34)24-35-40(36(39)25-43(50)52-38)42(49)46(41(35)48)33-18-20-45(21-19-33)26-29-10-5-3-6-11-29/h3-8,10-13,15-16,22-23,33,35-36,38,40,47,50H,2,9,14,17-21,24-27H2,1H3/b28-22+/t35-,36+,38-,40-/m1/s1. The minimum absolute atomic E-state index is 0.0766. The van der Waals surface area contributed by atoms with E-state index < -0.39 is 25.1 Å². The van der Waals surface area contributed by atoms with Gasteiger partial charge in [0.2, 0.25) is 11.8 Å². The molecule has 4 atom stereocenters. The Morgan fingerprint density at radius 1 is 0.981 bits per heavy atom. The van der Waals surface area contributed by atoms with Gasteiger partial charge in [-0.1, -0.05) is 89.5 Å². The molecule has 52 heavy (non-hydrogen) atoms. The number of benzene rings is 3. The van der Waals surface area contributed by atoms with E-state index in [9.17, 15) is 19.7 Å².